The van der Waals surface area contributed by atoms with Crippen molar-refractivity contribution in [2.75, 3.05) is 6.54 Å². The fraction of sp³-hybridized carbons (Fsp3) is 0.591. The predicted octanol–water partition coefficient (Wildman–Crippen LogP) is 4.63. The van der Waals surface area contributed by atoms with E-state index in [2.05, 4.69) is 5.32 Å². The number of rotatable bonds is 10. The zero-order valence-electron chi connectivity index (χ0n) is 17.9. The van der Waals surface area contributed by atoms with E-state index in [-0.39, 0.29) is 23.8 Å². The molecule has 1 N–H and O–H groups in total. The molecule has 1 amide bonds. The third-order valence-electron chi connectivity index (χ3n) is 4.85. The molecule has 0 saturated heterocycles. The second-order valence-electron chi connectivity index (χ2n) is 7.79. The van der Waals surface area contributed by atoms with E-state index < -0.39 is 6.09 Å². The van der Waals surface area contributed by atoms with E-state index in [1.807, 2.05) is 39.8 Å². The van der Waals surface area contributed by atoms with Gasteiger partial charge >= 0.3 is 12.1 Å². The molecule has 0 radical (unpaired) electrons. The Morgan fingerprint density at radius 2 is 1.68 bits per heavy atom. The molecule has 1 aromatic carbocycles. The van der Waals surface area contributed by atoms with Crippen LogP contribution in [-0.4, -0.2) is 24.4 Å². The number of hydrogen-bond donors (Lipinski definition) is 1. The number of unbranched alkanes of at least 4 members (excludes halogenated alkanes) is 1. The van der Waals surface area contributed by atoms with Crippen LogP contribution in [-0.2, 0) is 20.9 Å². The summed E-state index contributed by atoms with van der Waals surface area (Å²) in [5.41, 5.74) is 2.18. The number of ether oxygens (including phenoxy) is 2. The number of ketones is 1. The van der Waals surface area contributed by atoms with Gasteiger partial charge in [-0.25, -0.2) is 4.79 Å². The molecule has 156 valence electrons. The molecule has 0 spiro atoms. The maximum absolute atomic E-state index is 11.8. The van der Waals surface area contributed by atoms with Crippen molar-refractivity contribution in [2.45, 2.75) is 73.8 Å². The molecule has 0 heterocycles. The molecule has 0 aromatic heterocycles. The Morgan fingerprint density at radius 3 is 2.21 bits per heavy atom. The highest BCUT2D eigenvalue weighted by Crippen LogP contribution is 2.26. The third kappa shape index (κ3) is 7.71. The molecule has 28 heavy (non-hydrogen) atoms. The number of alkyl carbamates (subject to hydrolysis) is 1. The average Bonchev–Trinajstić information content (AvgIpc) is 2.62. The number of nitrogens with one attached hydrogen (secondary N) is 1. The van der Waals surface area contributed by atoms with Gasteiger partial charge in [-0.1, -0.05) is 27.2 Å². The molecule has 0 bridgehead atoms. The maximum atomic E-state index is 11.8. The summed E-state index contributed by atoms with van der Waals surface area (Å²) in [7, 11) is 0. The summed E-state index contributed by atoms with van der Waals surface area (Å²) in [6, 6.07) is 3.70. The highest BCUT2D eigenvalue weighted by molar-refractivity contribution is 5.81. The number of hydrogen-bond acceptors (Lipinski definition) is 5. The molecule has 0 unspecified atom stereocenters. The topological polar surface area (TPSA) is 81.7 Å². The van der Waals surface area contributed by atoms with Crippen molar-refractivity contribution in [3.63, 3.8) is 0 Å². The maximum Gasteiger partial charge on any atom is 0.407 e. The molecule has 0 saturated carbocycles. The molecule has 0 aliphatic carbocycles. The molecule has 0 fully saturated rings. The van der Waals surface area contributed by atoms with E-state index in [4.69, 9.17) is 9.47 Å². The normalized spacial score (nSPS) is 11.1. The summed E-state index contributed by atoms with van der Waals surface area (Å²) in [5, 5.41) is 2.73. The van der Waals surface area contributed by atoms with Gasteiger partial charge in [-0.05, 0) is 62.4 Å². The number of carbonyl (C=O) groups is 3. The van der Waals surface area contributed by atoms with Crippen molar-refractivity contribution < 1.29 is 23.9 Å². The molecule has 6 heteroatoms. The van der Waals surface area contributed by atoms with Crippen LogP contribution < -0.4 is 10.1 Å². The smallest absolute Gasteiger partial charge is 0.407 e. The van der Waals surface area contributed by atoms with Crippen LogP contribution in [0.4, 0.5) is 4.79 Å². The predicted molar refractivity (Wildman–Crippen MR) is 108 cm³/mol. The van der Waals surface area contributed by atoms with Crippen LogP contribution in [0, 0.1) is 19.3 Å². The molecular weight excluding hydrogens is 358 g/mol. The first-order valence-electron chi connectivity index (χ1n) is 9.79. The van der Waals surface area contributed by atoms with E-state index in [1.165, 1.54) is 0 Å². The van der Waals surface area contributed by atoms with Gasteiger partial charge < -0.3 is 14.8 Å². The summed E-state index contributed by atoms with van der Waals surface area (Å²) in [5.74, 6) is 0.468. The van der Waals surface area contributed by atoms with Crippen LogP contribution in [0.2, 0.25) is 0 Å². The van der Waals surface area contributed by atoms with Crippen LogP contribution in [0.25, 0.3) is 0 Å². The molecule has 1 rings (SSSR count). The van der Waals surface area contributed by atoms with Gasteiger partial charge in [-0.2, -0.15) is 0 Å². The minimum atomic E-state index is -0.470. The van der Waals surface area contributed by atoms with E-state index in [0.717, 1.165) is 36.0 Å². The minimum Gasteiger partial charge on any atom is -0.445 e. The largest absolute Gasteiger partial charge is 0.445 e. The van der Waals surface area contributed by atoms with Crippen molar-refractivity contribution >= 4 is 17.8 Å². The number of benzene rings is 1. The van der Waals surface area contributed by atoms with Crippen molar-refractivity contribution in [1.29, 1.82) is 0 Å². The van der Waals surface area contributed by atoms with Crippen LogP contribution in [0.15, 0.2) is 12.1 Å². The second-order valence-corrected chi connectivity index (χ2v) is 7.79. The van der Waals surface area contributed by atoms with Gasteiger partial charge in [0.05, 0.1) is 0 Å². The Labute approximate surface area is 168 Å². The highest BCUT2D eigenvalue weighted by atomic mass is 16.5. The zero-order chi connectivity index (χ0) is 21.3. The van der Waals surface area contributed by atoms with Crippen LogP contribution in [0.1, 0.15) is 70.1 Å². The Morgan fingerprint density at radius 1 is 1.07 bits per heavy atom. The monoisotopic (exact) mass is 391 g/mol. The summed E-state index contributed by atoms with van der Waals surface area (Å²) in [6.07, 6.45) is 2.30. The first-order chi connectivity index (χ1) is 13.1. The van der Waals surface area contributed by atoms with Gasteiger partial charge in [0, 0.05) is 18.4 Å². The standard InChI is InChI=1S/C22H33NO5/c1-7-19(25)28-20-15(2)12-18(13-16(20)3)14-27-21(26)23-11-9-8-10-22(5,6)17(4)24/h12-13H,7-11,14H2,1-6H3,(H,23,26). The van der Waals surface area contributed by atoms with Gasteiger partial charge in [0.25, 0.3) is 0 Å². The second kappa shape index (κ2) is 10.8. The lowest BCUT2D eigenvalue weighted by Gasteiger charge is -2.20. The van der Waals surface area contributed by atoms with Crippen LogP contribution >= 0.6 is 0 Å². The Balaban J connectivity index is 2.41. The van der Waals surface area contributed by atoms with Gasteiger partial charge in [0.15, 0.2) is 0 Å². The molecule has 0 aliphatic heterocycles. The lowest BCUT2D eigenvalue weighted by atomic mass is 9.83. The Hall–Kier alpha value is -2.37. The van der Waals surface area contributed by atoms with E-state index in [9.17, 15) is 14.4 Å². The number of amides is 1. The van der Waals surface area contributed by atoms with Gasteiger partial charge in [-0.15, -0.1) is 0 Å². The Bertz CT molecular complexity index is 686. The quantitative estimate of drug-likeness (QED) is 0.357. The molecule has 0 atom stereocenters. The fourth-order valence-electron chi connectivity index (χ4n) is 2.73. The number of aryl methyl sites for hydroxylation is 2. The van der Waals surface area contributed by atoms with E-state index in [1.54, 1.807) is 13.8 Å². The molecule has 0 aliphatic rings. The summed E-state index contributed by atoms with van der Waals surface area (Å²) >= 11 is 0. The van der Waals surface area contributed by atoms with Crippen molar-refractivity contribution in [3.05, 3.63) is 28.8 Å². The molecular formula is C22H33NO5. The summed E-state index contributed by atoms with van der Waals surface area (Å²) < 4.78 is 10.6. The third-order valence-corrected chi connectivity index (χ3v) is 4.85. The zero-order valence-corrected chi connectivity index (χ0v) is 17.9. The SMILES string of the molecule is CCC(=O)Oc1c(C)cc(COC(=O)NCCCCC(C)(C)C(C)=O)cc1C. The van der Waals surface area contributed by atoms with Crippen molar-refractivity contribution in [2.24, 2.45) is 5.41 Å². The van der Waals surface area contributed by atoms with Crippen molar-refractivity contribution in [3.8, 4) is 5.75 Å². The number of Topliss-reactive ketones (excluding diaryl/α,β-unsaturated/α-hetero) is 1. The number of carbonyl (C=O) groups excluding carboxylic acids is 3. The molecule has 6 nitrogen and oxygen atoms in total. The lowest BCUT2D eigenvalue weighted by Crippen LogP contribution is -2.26. The Kier molecular flexibility index (Phi) is 9.16. The highest BCUT2D eigenvalue weighted by Gasteiger charge is 2.22. The van der Waals surface area contributed by atoms with Gasteiger partial charge in [0.2, 0.25) is 0 Å². The number of esters is 1. The summed E-state index contributed by atoms with van der Waals surface area (Å²) in [6.45, 7) is 11.6. The lowest BCUT2D eigenvalue weighted by molar-refractivity contribution is -0.134. The van der Waals surface area contributed by atoms with Crippen molar-refractivity contribution in [1.82, 2.24) is 5.32 Å². The van der Waals surface area contributed by atoms with E-state index in [0.29, 0.717) is 18.7 Å². The first kappa shape index (κ1) is 23.7. The van der Waals surface area contributed by atoms with Gasteiger partial charge in [0.1, 0.15) is 18.1 Å². The summed E-state index contributed by atoms with van der Waals surface area (Å²) in [4.78, 5) is 34.8. The average molecular weight is 392 g/mol. The van der Waals surface area contributed by atoms with Crippen LogP contribution in [0.3, 0.4) is 0 Å². The first-order valence-corrected chi connectivity index (χ1v) is 9.79. The van der Waals surface area contributed by atoms with Gasteiger partial charge in [-0.3, -0.25) is 9.59 Å². The minimum absolute atomic E-state index is 0.146. The van der Waals surface area contributed by atoms with E-state index >= 15 is 0 Å². The molecule has 1 aromatic rings. The van der Waals surface area contributed by atoms with Crippen LogP contribution in [0.5, 0.6) is 5.75 Å². The fourth-order valence-corrected chi connectivity index (χ4v) is 2.73.